The number of carboxylic acid groups (broad SMARTS) is 1. The first-order valence-electron chi connectivity index (χ1n) is 5.45. The summed E-state index contributed by atoms with van der Waals surface area (Å²) < 4.78 is 4.78. The molecule has 1 aromatic heterocycles. The van der Waals surface area contributed by atoms with Crippen LogP contribution in [0.4, 0.5) is 4.79 Å². The number of aliphatic carboxylic acids is 1. The summed E-state index contributed by atoms with van der Waals surface area (Å²) in [6.07, 6.45) is 0. The third-order valence-electron chi connectivity index (χ3n) is 2.15. The van der Waals surface area contributed by atoms with Gasteiger partial charge in [0, 0.05) is 6.54 Å². The number of urea groups is 1. The predicted molar refractivity (Wildman–Crippen MR) is 67.7 cm³/mol. The van der Waals surface area contributed by atoms with E-state index in [0.29, 0.717) is 0 Å². The Morgan fingerprint density at radius 1 is 1.56 bits per heavy atom. The van der Waals surface area contributed by atoms with Gasteiger partial charge < -0.3 is 20.5 Å². The van der Waals surface area contributed by atoms with E-state index in [2.05, 4.69) is 10.6 Å². The normalized spacial score (nSPS) is 11.8. The molecule has 0 radical (unpaired) electrons. The van der Waals surface area contributed by atoms with Crippen molar-refractivity contribution < 1.29 is 19.4 Å². The second kappa shape index (κ2) is 7.67. The molecule has 100 valence electrons. The molecule has 1 heterocycles. The Labute approximate surface area is 109 Å². The number of carboxylic acids is 1. The average molecular weight is 272 g/mol. The number of hydrogen-bond donors (Lipinski definition) is 3. The lowest BCUT2D eigenvalue weighted by molar-refractivity contribution is -0.142. The highest BCUT2D eigenvalue weighted by molar-refractivity contribution is 7.07. The van der Waals surface area contributed by atoms with Gasteiger partial charge in [0.15, 0.2) is 0 Å². The van der Waals surface area contributed by atoms with Gasteiger partial charge in [0.05, 0.1) is 12.6 Å². The van der Waals surface area contributed by atoms with Crippen LogP contribution in [0.3, 0.4) is 0 Å². The minimum Gasteiger partial charge on any atom is -0.480 e. The van der Waals surface area contributed by atoms with Gasteiger partial charge in [-0.15, -0.1) is 0 Å². The molecule has 6 nitrogen and oxygen atoms in total. The third-order valence-corrected chi connectivity index (χ3v) is 2.85. The zero-order chi connectivity index (χ0) is 13.4. The molecule has 0 spiro atoms. The van der Waals surface area contributed by atoms with Gasteiger partial charge in [0.25, 0.3) is 0 Å². The molecule has 1 rings (SSSR count). The SMILES string of the molecule is CC(NC(=O)NCCOCC(=O)O)c1ccsc1. The van der Waals surface area contributed by atoms with E-state index in [1.165, 1.54) is 0 Å². The van der Waals surface area contributed by atoms with Crippen molar-refractivity contribution in [3.8, 4) is 0 Å². The second-order valence-electron chi connectivity index (χ2n) is 3.62. The van der Waals surface area contributed by atoms with E-state index < -0.39 is 5.97 Å². The molecule has 1 atom stereocenters. The van der Waals surface area contributed by atoms with E-state index in [1.54, 1.807) is 11.3 Å². The first-order chi connectivity index (χ1) is 8.59. The molecule has 7 heteroatoms. The standard InChI is InChI=1S/C11H16N2O4S/c1-8(9-2-5-18-7-9)13-11(16)12-3-4-17-6-10(14)15/h2,5,7-8H,3-4,6H2,1H3,(H,14,15)(H2,12,13,16). The lowest BCUT2D eigenvalue weighted by Gasteiger charge is -2.13. The van der Waals surface area contributed by atoms with Crippen LogP contribution in [0.1, 0.15) is 18.5 Å². The number of carbonyl (C=O) groups is 2. The van der Waals surface area contributed by atoms with Crippen LogP contribution in [0.15, 0.2) is 16.8 Å². The highest BCUT2D eigenvalue weighted by Gasteiger charge is 2.08. The summed E-state index contributed by atoms with van der Waals surface area (Å²) in [7, 11) is 0. The summed E-state index contributed by atoms with van der Waals surface area (Å²) in [5.41, 5.74) is 1.05. The number of ether oxygens (including phenoxy) is 1. The van der Waals surface area contributed by atoms with Gasteiger partial charge >= 0.3 is 12.0 Å². The van der Waals surface area contributed by atoms with Gasteiger partial charge in [-0.1, -0.05) is 0 Å². The molecule has 1 aromatic rings. The van der Waals surface area contributed by atoms with Crippen LogP contribution in [0, 0.1) is 0 Å². The van der Waals surface area contributed by atoms with Crippen molar-refractivity contribution >= 4 is 23.3 Å². The Hall–Kier alpha value is -1.60. The molecule has 0 aromatic carbocycles. The summed E-state index contributed by atoms with van der Waals surface area (Å²) in [6.45, 7) is 1.99. The van der Waals surface area contributed by atoms with Crippen LogP contribution >= 0.6 is 11.3 Å². The molecular formula is C11H16N2O4S. The Morgan fingerprint density at radius 2 is 2.33 bits per heavy atom. The van der Waals surface area contributed by atoms with Gasteiger partial charge in [-0.25, -0.2) is 9.59 Å². The lowest BCUT2D eigenvalue weighted by atomic mass is 10.2. The molecule has 0 aliphatic rings. The largest absolute Gasteiger partial charge is 0.480 e. The first-order valence-corrected chi connectivity index (χ1v) is 6.40. The maximum absolute atomic E-state index is 11.5. The predicted octanol–water partition coefficient (Wildman–Crippen LogP) is 1.21. The Balaban J connectivity index is 2.12. The fraction of sp³-hybridized carbons (Fsp3) is 0.455. The van der Waals surface area contributed by atoms with Gasteiger partial charge in [-0.3, -0.25) is 0 Å². The highest BCUT2D eigenvalue weighted by Crippen LogP contribution is 2.14. The van der Waals surface area contributed by atoms with Crippen LogP contribution in [0.25, 0.3) is 0 Å². The minimum atomic E-state index is -1.02. The molecule has 1 unspecified atom stereocenters. The van der Waals surface area contributed by atoms with Crippen LogP contribution in [0.2, 0.25) is 0 Å². The second-order valence-corrected chi connectivity index (χ2v) is 4.40. The van der Waals surface area contributed by atoms with Crippen molar-refractivity contribution in [3.05, 3.63) is 22.4 Å². The Morgan fingerprint density at radius 3 is 2.94 bits per heavy atom. The molecule has 0 saturated heterocycles. The van der Waals surface area contributed by atoms with Crippen LogP contribution in [0.5, 0.6) is 0 Å². The molecule has 0 fully saturated rings. The van der Waals surface area contributed by atoms with E-state index >= 15 is 0 Å². The molecule has 0 aliphatic heterocycles. The number of rotatable bonds is 7. The van der Waals surface area contributed by atoms with Gasteiger partial charge in [-0.2, -0.15) is 11.3 Å². The van der Waals surface area contributed by atoms with Crippen molar-refractivity contribution in [1.82, 2.24) is 10.6 Å². The smallest absolute Gasteiger partial charge is 0.329 e. The first kappa shape index (κ1) is 14.5. The number of hydrogen-bond acceptors (Lipinski definition) is 4. The minimum absolute atomic E-state index is 0.0591. The zero-order valence-electron chi connectivity index (χ0n) is 10.0. The van der Waals surface area contributed by atoms with Crippen molar-refractivity contribution in [2.75, 3.05) is 19.8 Å². The van der Waals surface area contributed by atoms with Crippen LogP contribution in [-0.4, -0.2) is 36.9 Å². The topological polar surface area (TPSA) is 87.7 Å². The highest BCUT2D eigenvalue weighted by atomic mass is 32.1. The lowest BCUT2D eigenvalue weighted by Crippen LogP contribution is -2.38. The van der Waals surface area contributed by atoms with E-state index in [4.69, 9.17) is 9.84 Å². The summed E-state index contributed by atoms with van der Waals surface area (Å²) >= 11 is 1.57. The van der Waals surface area contributed by atoms with Gasteiger partial charge in [0.1, 0.15) is 6.61 Å². The van der Waals surface area contributed by atoms with Crippen LogP contribution in [-0.2, 0) is 9.53 Å². The Kier molecular flexibility index (Phi) is 6.16. The van der Waals surface area contributed by atoms with Crippen molar-refractivity contribution in [2.24, 2.45) is 0 Å². The molecule has 0 saturated carbocycles. The maximum atomic E-state index is 11.5. The Bertz CT molecular complexity index is 380. The molecule has 0 bridgehead atoms. The number of nitrogens with one attached hydrogen (secondary N) is 2. The average Bonchev–Trinajstić information content (AvgIpc) is 2.81. The van der Waals surface area contributed by atoms with E-state index in [0.717, 1.165) is 5.56 Å². The van der Waals surface area contributed by atoms with E-state index in [-0.39, 0.29) is 31.8 Å². The number of carbonyl (C=O) groups excluding carboxylic acids is 1. The van der Waals surface area contributed by atoms with Crippen molar-refractivity contribution in [3.63, 3.8) is 0 Å². The number of amides is 2. The summed E-state index contributed by atoms with van der Waals surface area (Å²) in [4.78, 5) is 21.6. The summed E-state index contributed by atoms with van der Waals surface area (Å²) in [6, 6.07) is 1.59. The maximum Gasteiger partial charge on any atom is 0.329 e. The van der Waals surface area contributed by atoms with Crippen molar-refractivity contribution in [1.29, 1.82) is 0 Å². The fourth-order valence-corrected chi connectivity index (χ4v) is 2.00. The van der Waals surface area contributed by atoms with Crippen molar-refractivity contribution in [2.45, 2.75) is 13.0 Å². The molecule has 18 heavy (non-hydrogen) atoms. The number of thiophene rings is 1. The van der Waals surface area contributed by atoms with E-state index in [1.807, 2.05) is 23.8 Å². The fourth-order valence-electron chi connectivity index (χ4n) is 1.25. The van der Waals surface area contributed by atoms with Crippen LogP contribution < -0.4 is 10.6 Å². The molecule has 0 aliphatic carbocycles. The molecule has 3 N–H and O–H groups in total. The zero-order valence-corrected chi connectivity index (χ0v) is 10.8. The quantitative estimate of drug-likeness (QED) is 0.651. The third kappa shape index (κ3) is 5.65. The monoisotopic (exact) mass is 272 g/mol. The molecular weight excluding hydrogens is 256 g/mol. The van der Waals surface area contributed by atoms with Gasteiger partial charge in [0.2, 0.25) is 0 Å². The summed E-state index contributed by atoms with van der Waals surface area (Å²) in [5, 5.41) is 17.6. The van der Waals surface area contributed by atoms with Gasteiger partial charge in [-0.05, 0) is 29.3 Å². The molecule has 2 amide bonds. The van der Waals surface area contributed by atoms with E-state index in [9.17, 15) is 9.59 Å². The summed E-state index contributed by atoms with van der Waals surface area (Å²) in [5.74, 6) is -1.02.